The van der Waals surface area contributed by atoms with Crippen molar-refractivity contribution in [2.24, 2.45) is 0 Å². The van der Waals surface area contributed by atoms with Gasteiger partial charge in [0.2, 0.25) is 0 Å². The van der Waals surface area contributed by atoms with E-state index in [1.807, 2.05) is 26.0 Å². The number of aryl methyl sites for hydroxylation is 2. The summed E-state index contributed by atoms with van der Waals surface area (Å²) in [5.41, 5.74) is 1.79. The fourth-order valence-electron chi connectivity index (χ4n) is 1.69. The van der Waals surface area contributed by atoms with Crippen LogP contribution in [0.25, 0.3) is 0 Å². The molecule has 0 N–H and O–H groups in total. The van der Waals surface area contributed by atoms with E-state index in [1.54, 1.807) is 23.5 Å². The van der Waals surface area contributed by atoms with Crippen molar-refractivity contribution >= 4 is 17.1 Å². The van der Waals surface area contributed by atoms with E-state index in [4.69, 9.17) is 4.74 Å². The number of carbonyl (C=O) groups is 1. The van der Waals surface area contributed by atoms with Crippen LogP contribution in [-0.4, -0.2) is 10.8 Å². The average Bonchev–Trinajstić information content (AvgIpc) is 2.75. The minimum Gasteiger partial charge on any atom is -0.486 e. The quantitative estimate of drug-likeness (QED) is 0.776. The van der Waals surface area contributed by atoms with Crippen LogP contribution in [0.3, 0.4) is 0 Å². The number of rotatable bonds is 5. The molecule has 100 valence electrons. The van der Waals surface area contributed by atoms with Crippen molar-refractivity contribution in [3.8, 4) is 5.75 Å². The average molecular weight is 275 g/mol. The molecule has 4 heteroatoms. The molecule has 0 radical (unpaired) electrons. The van der Waals surface area contributed by atoms with Crippen molar-refractivity contribution in [2.75, 3.05) is 0 Å². The molecule has 1 heterocycles. The van der Waals surface area contributed by atoms with Gasteiger partial charge in [0.25, 0.3) is 0 Å². The zero-order valence-corrected chi connectivity index (χ0v) is 12.2. The molecular formula is C15H17NO2S. The first-order valence-corrected chi connectivity index (χ1v) is 7.10. The second kappa shape index (κ2) is 5.97. The largest absolute Gasteiger partial charge is 0.486 e. The lowest BCUT2D eigenvalue weighted by molar-refractivity contribution is 0.0988. The summed E-state index contributed by atoms with van der Waals surface area (Å²) in [5, 5.41) is 0.976. The minimum absolute atomic E-state index is 0.151. The normalized spacial score (nSPS) is 10.5. The summed E-state index contributed by atoms with van der Waals surface area (Å²) < 4.78 is 5.67. The van der Waals surface area contributed by atoms with Gasteiger partial charge in [0.15, 0.2) is 5.78 Å². The predicted molar refractivity (Wildman–Crippen MR) is 77.0 cm³/mol. The Morgan fingerprint density at radius 3 is 2.47 bits per heavy atom. The maximum atomic E-state index is 11.5. The third kappa shape index (κ3) is 3.41. The van der Waals surface area contributed by atoms with Crippen LogP contribution in [-0.2, 0) is 6.61 Å². The van der Waals surface area contributed by atoms with Crippen molar-refractivity contribution in [1.82, 2.24) is 4.98 Å². The van der Waals surface area contributed by atoms with E-state index in [0.29, 0.717) is 13.0 Å². The van der Waals surface area contributed by atoms with Crippen LogP contribution < -0.4 is 4.74 Å². The molecule has 0 amide bonds. The maximum absolute atomic E-state index is 11.5. The van der Waals surface area contributed by atoms with Crippen LogP contribution in [0.4, 0.5) is 0 Å². The number of ether oxygens (including phenoxy) is 1. The highest BCUT2D eigenvalue weighted by Gasteiger charge is 2.05. The summed E-state index contributed by atoms with van der Waals surface area (Å²) in [4.78, 5) is 17.1. The van der Waals surface area contributed by atoms with Gasteiger partial charge in [-0.15, -0.1) is 11.3 Å². The topological polar surface area (TPSA) is 39.2 Å². The molecular weight excluding hydrogens is 258 g/mol. The number of hydrogen-bond donors (Lipinski definition) is 0. The molecule has 2 aromatic rings. The van der Waals surface area contributed by atoms with E-state index in [9.17, 15) is 4.79 Å². The van der Waals surface area contributed by atoms with Crippen molar-refractivity contribution in [3.05, 3.63) is 45.4 Å². The van der Waals surface area contributed by atoms with E-state index in [1.165, 1.54) is 4.88 Å². The Hall–Kier alpha value is -1.68. The lowest BCUT2D eigenvalue weighted by Gasteiger charge is -2.04. The summed E-state index contributed by atoms with van der Waals surface area (Å²) in [6, 6.07) is 7.27. The first kappa shape index (κ1) is 13.7. The zero-order valence-electron chi connectivity index (χ0n) is 11.4. The summed E-state index contributed by atoms with van der Waals surface area (Å²) in [5.74, 6) is 0.913. The standard InChI is InChI=1S/C15H17NO2S/c1-4-14(17)12-5-7-13(8-6-12)18-9-15-16-10(2)11(3)19-15/h5-8H,4,9H2,1-3H3. The molecule has 0 aliphatic heterocycles. The molecule has 0 atom stereocenters. The Kier molecular flexibility index (Phi) is 4.32. The Labute approximate surface area is 117 Å². The number of nitrogens with zero attached hydrogens (tertiary/aromatic N) is 1. The van der Waals surface area contributed by atoms with Crippen molar-refractivity contribution in [2.45, 2.75) is 33.8 Å². The molecule has 0 saturated carbocycles. The van der Waals surface area contributed by atoms with E-state index >= 15 is 0 Å². The number of carbonyl (C=O) groups excluding carboxylic acids is 1. The Morgan fingerprint density at radius 1 is 1.26 bits per heavy atom. The third-order valence-electron chi connectivity index (χ3n) is 2.93. The molecule has 0 aliphatic carbocycles. The molecule has 2 rings (SSSR count). The number of aromatic nitrogens is 1. The van der Waals surface area contributed by atoms with Crippen LogP contribution in [0.15, 0.2) is 24.3 Å². The molecule has 3 nitrogen and oxygen atoms in total. The molecule has 0 unspecified atom stereocenters. The van der Waals surface area contributed by atoms with Gasteiger partial charge in [-0.3, -0.25) is 4.79 Å². The highest BCUT2D eigenvalue weighted by Crippen LogP contribution is 2.19. The molecule has 1 aromatic heterocycles. The van der Waals surface area contributed by atoms with Gasteiger partial charge in [0.05, 0.1) is 5.69 Å². The molecule has 0 bridgehead atoms. The smallest absolute Gasteiger partial charge is 0.162 e. The van der Waals surface area contributed by atoms with E-state index < -0.39 is 0 Å². The van der Waals surface area contributed by atoms with Crippen LogP contribution >= 0.6 is 11.3 Å². The van der Waals surface area contributed by atoms with E-state index in [0.717, 1.165) is 22.0 Å². The predicted octanol–water partition coefficient (Wildman–Crippen LogP) is 3.93. The van der Waals surface area contributed by atoms with E-state index in [2.05, 4.69) is 11.9 Å². The lowest BCUT2D eigenvalue weighted by Crippen LogP contribution is -1.98. The summed E-state index contributed by atoms with van der Waals surface area (Å²) >= 11 is 1.66. The fraction of sp³-hybridized carbons (Fsp3) is 0.333. The van der Waals surface area contributed by atoms with Crippen LogP contribution in [0.5, 0.6) is 5.75 Å². The maximum Gasteiger partial charge on any atom is 0.162 e. The van der Waals surface area contributed by atoms with Crippen LogP contribution in [0.1, 0.15) is 39.3 Å². The zero-order chi connectivity index (χ0) is 13.8. The van der Waals surface area contributed by atoms with Gasteiger partial charge < -0.3 is 4.74 Å². The molecule has 19 heavy (non-hydrogen) atoms. The fourth-order valence-corrected chi connectivity index (χ4v) is 2.53. The van der Waals surface area contributed by atoms with Gasteiger partial charge in [0.1, 0.15) is 17.4 Å². The molecule has 1 aromatic carbocycles. The number of ketones is 1. The van der Waals surface area contributed by atoms with Gasteiger partial charge in [-0.1, -0.05) is 6.92 Å². The highest BCUT2D eigenvalue weighted by atomic mass is 32.1. The monoisotopic (exact) mass is 275 g/mol. The van der Waals surface area contributed by atoms with Crippen molar-refractivity contribution in [3.63, 3.8) is 0 Å². The molecule has 0 saturated heterocycles. The lowest BCUT2D eigenvalue weighted by atomic mass is 10.1. The second-order valence-corrected chi connectivity index (χ2v) is 5.63. The number of Topliss-reactive ketones (excluding diaryl/α,β-unsaturated/α-hetero) is 1. The Balaban J connectivity index is 1.98. The van der Waals surface area contributed by atoms with Crippen molar-refractivity contribution in [1.29, 1.82) is 0 Å². The Bertz CT molecular complexity index is 553. The molecule has 0 spiro atoms. The summed E-state index contributed by atoms with van der Waals surface area (Å²) in [6.07, 6.45) is 0.526. The minimum atomic E-state index is 0.151. The SMILES string of the molecule is CCC(=O)c1ccc(OCc2nc(C)c(C)s2)cc1. The number of benzene rings is 1. The van der Waals surface area contributed by atoms with Crippen LogP contribution in [0.2, 0.25) is 0 Å². The number of hydrogen-bond acceptors (Lipinski definition) is 4. The highest BCUT2D eigenvalue weighted by molar-refractivity contribution is 7.11. The van der Waals surface area contributed by atoms with Gasteiger partial charge >= 0.3 is 0 Å². The summed E-state index contributed by atoms with van der Waals surface area (Å²) in [6.45, 7) is 6.39. The number of thiazole rings is 1. The van der Waals surface area contributed by atoms with Crippen LogP contribution in [0, 0.1) is 13.8 Å². The Morgan fingerprint density at radius 2 is 1.95 bits per heavy atom. The molecule has 0 fully saturated rings. The van der Waals surface area contributed by atoms with Gasteiger partial charge in [0, 0.05) is 16.9 Å². The third-order valence-corrected chi connectivity index (χ3v) is 3.98. The summed E-state index contributed by atoms with van der Waals surface area (Å²) in [7, 11) is 0. The second-order valence-electron chi connectivity index (χ2n) is 4.34. The first-order valence-electron chi connectivity index (χ1n) is 6.29. The molecule has 0 aliphatic rings. The van der Waals surface area contributed by atoms with Gasteiger partial charge in [-0.2, -0.15) is 0 Å². The van der Waals surface area contributed by atoms with E-state index in [-0.39, 0.29) is 5.78 Å². The van der Waals surface area contributed by atoms with Gasteiger partial charge in [-0.05, 0) is 38.1 Å². The van der Waals surface area contributed by atoms with Crippen molar-refractivity contribution < 1.29 is 9.53 Å². The first-order chi connectivity index (χ1) is 9.10. The van der Waals surface area contributed by atoms with Gasteiger partial charge in [-0.25, -0.2) is 4.98 Å².